The molecule has 10 aliphatic carbocycles. The molecule has 0 aromatic rings. The molecule has 17 atom stereocenters. The zero-order valence-corrected chi connectivity index (χ0v) is 44.8. The second-order valence-electron chi connectivity index (χ2n) is 30.3. The van der Waals surface area contributed by atoms with E-state index in [0.717, 1.165) is 103 Å². The van der Waals surface area contributed by atoms with Gasteiger partial charge in [0, 0.05) is 0 Å². The lowest BCUT2D eigenvalue weighted by Gasteiger charge is -2.71. The molecule has 0 aromatic carbocycles. The number of fused-ring (bicyclic) bond motifs is 14. The molecule has 0 saturated heterocycles. The second-order valence-corrected chi connectivity index (χ2v) is 30.3. The highest BCUT2D eigenvalue weighted by Gasteiger charge is 2.72. The molecule has 0 bridgehead atoms. The largest absolute Gasteiger partial charge is 0.481 e. The van der Waals surface area contributed by atoms with E-state index in [-0.39, 0.29) is 72.1 Å². The molecule has 10 aliphatic rings. The third-order valence-corrected chi connectivity index (χ3v) is 26.0. The van der Waals surface area contributed by atoms with Crippen molar-refractivity contribution in [3.05, 3.63) is 23.3 Å². The van der Waals surface area contributed by atoms with Gasteiger partial charge < -0.3 is 25.5 Å². The van der Waals surface area contributed by atoms with E-state index in [9.17, 15) is 35.1 Å². The fourth-order valence-electron chi connectivity index (χ4n) is 21.4. The van der Waals surface area contributed by atoms with Gasteiger partial charge in [-0.2, -0.15) is 0 Å². The fraction of sp³-hybridized carbons (Fsp3) is 0.900. The molecule has 8 saturated carbocycles. The maximum absolute atomic E-state index is 12.8. The predicted molar refractivity (Wildman–Crippen MR) is 267 cm³/mol. The number of carboxylic acid groups (broad SMARTS) is 2. The van der Waals surface area contributed by atoms with E-state index in [1.165, 1.54) is 24.0 Å². The van der Waals surface area contributed by atoms with Gasteiger partial charge in [-0.3, -0.25) is 9.59 Å². The van der Waals surface area contributed by atoms with Crippen molar-refractivity contribution >= 4 is 11.9 Å². The Kier molecular flexibility index (Phi) is 11.4. The summed E-state index contributed by atoms with van der Waals surface area (Å²) < 4.78 is 0. The SMILES string of the molecule is CC1(C)CC[C@]2(C(=O)O)CC[C@]3(C)C(=CCC4[C@@]5(C)CC[C@H](O)C(C)(C)C5CC[C@]43C)C2C1.CC1(C)CC[C@]2(C(=O)O)CC[C@]3(C)C(=CCC4[C@@]5(C)C[C@@H](O)[C@H](O)C(C)(C)C5CC[C@]43C)C2C1. The summed E-state index contributed by atoms with van der Waals surface area (Å²) in [5, 5.41) is 53.7. The van der Waals surface area contributed by atoms with Gasteiger partial charge in [-0.05, 0) is 212 Å². The van der Waals surface area contributed by atoms with E-state index in [0.29, 0.717) is 30.1 Å². The minimum absolute atomic E-state index is 0.00785. The van der Waals surface area contributed by atoms with Crippen LogP contribution in [-0.2, 0) is 9.59 Å². The van der Waals surface area contributed by atoms with E-state index in [1.807, 2.05) is 0 Å². The third kappa shape index (κ3) is 6.54. The molecule has 8 fully saturated rings. The van der Waals surface area contributed by atoms with Gasteiger partial charge in [0.2, 0.25) is 0 Å². The van der Waals surface area contributed by atoms with Crippen LogP contribution < -0.4 is 0 Å². The Morgan fingerprint density at radius 2 is 0.866 bits per heavy atom. The highest BCUT2D eigenvalue weighted by Crippen LogP contribution is 2.78. The maximum atomic E-state index is 12.8. The van der Waals surface area contributed by atoms with Gasteiger partial charge in [0.25, 0.3) is 0 Å². The predicted octanol–water partition coefficient (Wildman–Crippen LogP) is 13.4. The number of carboxylic acids is 2. The first kappa shape index (κ1) is 50.2. The van der Waals surface area contributed by atoms with E-state index in [2.05, 4.69) is 109 Å². The van der Waals surface area contributed by atoms with Crippen LogP contribution in [0.15, 0.2) is 23.3 Å². The molecule has 5 N–H and O–H groups in total. The lowest BCUT2D eigenvalue weighted by Crippen LogP contribution is -2.67. The van der Waals surface area contributed by atoms with Crippen molar-refractivity contribution in [2.45, 2.75) is 237 Å². The highest BCUT2D eigenvalue weighted by atomic mass is 16.4. The summed E-state index contributed by atoms with van der Waals surface area (Å²) in [6.45, 7) is 33.3. The minimum atomic E-state index is -0.679. The third-order valence-electron chi connectivity index (χ3n) is 26.0. The summed E-state index contributed by atoms with van der Waals surface area (Å²) in [5.41, 5.74) is 2.43. The number of hydrogen-bond acceptors (Lipinski definition) is 5. The van der Waals surface area contributed by atoms with Crippen LogP contribution in [0.2, 0.25) is 0 Å². The number of aliphatic hydroxyl groups is 3. The minimum Gasteiger partial charge on any atom is -0.481 e. The Morgan fingerprint density at radius 3 is 1.30 bits per heavy atom. The van der Waals surface area contributed by atoms with Gasteiger partial charge in [0.15, 0.2) is 0 Å². The summed E-state index contributed by atoms with van der Waals surface area (Å²) in [6.07, 6.45) is 22.1. The summed E-state index contributed by atoms with van der Waals surface area (Å²) >= 11 is 0. The Hall–Kier alpha value is -1.70. The maximum Gasteiger partial charge on any atom is 0.310 e. The molecule has 0 aliphatic heterocycles. The number of aliphatic carboxylic acids is 2. The summed E-state index contributed by atoms with van der Waals surface area (Å²) in [4.78, 5) is 25.5. The second kappa shape index (κ2) is 15.2. The van der Waals surface area contributed by atoms with Crippen molar-refractivity contribution in [3.8, 4) is 0 Å². The van der Waals surface area contributed by atoms with Gasteiger partial charge in [0.05, 0.1) is 29.1 Å². The molecule has 0 radical (unpaired) electrons. The van der Waals surface area contributed by atoms with E-state index >= 15 is 0 Å². The van der Waals surface area contributed by atoms with Gasteiger partial charge >= 0.3 is 11.9 Å². The first-order chi connectivity index (χ1) is 30.7. The van der Waals surface area contributed by atoms with Crippen molar-refractivity contribution in [2.75, 3.05) is 0 Å². The summed E-state index contributed by atoms with van der Waals surface area (Å²) in [7, 11) is 0. The van der Waals surface area contributed by atoms with Crippen LogP contribution in [0.3, 0.4) is 0 Å². The molecule has 0 spiro atoms. The Balaban J connectivity index is 0.000000168. The Morgan fingerprint density at radius 1 is 0.463 bits per heavy atom. The number of aliphatic hydroxyl groups excluding tert-OH is 3. The van der Waals surface area contributed by atoms with Gasteiger partial charge in [0.1, 0.15) is 0 Å². The normalized spacial score (nSPS) is 52.9. The first-order valence-corrected chi connectivity index (χ1v) is 27.6. The molecule has 10 rings (SSSR count). The zero-order valence-electron chi connectivity index (χ0n) is 44.8. The average Bonchev–Trinajstić information content (AvgIpc) is 3.21. The standard InChI is InChI=1S/C30H48O4.C30H48O3/c1-25(2)12-14-30(24(33)34)15-13-28(6)18(19(30)16-25)8-9-22-27(5)17-20(31)23(32)26(3,4)21(27)10-11-29(22,28)7;1-25(2)14-16-30(24(32)33)17-15-28(6)19(20(30)18-25)8-9-22-27(5)12-11-23(31)26(3,4)21(27)10-13-29(22,28)7/h8,19-23,31-32H,9-17H2,1-7H3,(H,33,34);8,20-23,31H,9-18H2,1-7H3,(H,32,33)/t19?,20-,21?,22?,23+,27+,28-,29-,30+;20?,21?,22?,23-,27-,28+,29+,30-/m10/s1. The Bertz CT molecular complexity index is 2100. The number of allylic oxidation sites excluding steroid dienone is 4. The van der Waals surface area contributed by atoms with Crippen LogP contribution in [-0.4, -0.2) is 55.8 Å². The van der Waals surface area contributed by atoms with E-state index in [1.54, 1.807) is 0 Å². The first-order valence-electron chi connectivity index (χ1n) is 27.6. The molecular formula is C60H96O7. The molecule has 378 valence electrons. The lowest BCUT2D eigenvalue weighted by atomic mass is 9.33. The molecule has 0 heterocycles. The van der Waals surface area contributed by atoms with Gasteiger partial charge in [-0.25, -0.2) is 0 Å². The number of rotatable bonds is 2. The smallest absolute Gasteiger partial charge is 0.310 e. The summed E-state index contributed by atoms with van der Waals surface area (Å²) in [6, 6.07) is 0. The number of hydrogen-bond donors (Lipinski definition) is 5. The van der Waals surface area contributed by atoms with Crippen molar-refractivity contribution in [2.24, 2.45) is 100 Å². The van der Waals surface area contributed by atoms with Gasteiger partial charge in [-0.1, -0.05) is 120 Å². The van der Waals surface area contributed by atoms with Crippen LogP contribution in [0.5, 0.6) is 0 Å². The van der Waals surface area contributed by atoms with Gasteiger partial charge in [-0.15, -0.1) is 0 Å². The molecular weight excluding hydrogens is 833 g/mol. The molecule has 0 aromatic heterocycles. The fourth-order valence-corrected chi connectivity index (χ4v) is 21.4. The zero-order chi connectivity index (χ0) is 49.4. The van der Waals surface area contributed by atoms with Crippen LogP contribution in [0, 0.1) is 100 Å². The molecule has 0 amide bonds. The van der Waals surface area contributed by atoms with Crippen molar-refractivity contribution in [3.63, 3.8) is 0 Å². The molecule has 7 heteroatoms. The van der Waals surface area contributed by atoms with E-state index < -0.39 is 35.0 Å². The van der Waals surface area contributed by atoms with Crippen LogP contribution in [0.25, 0.3) is 0 Å². The van der Waals surface area contributed by atoms with Crippen molar-refractivity contribution < 1.29 is 35.1 Å². The van der Waals surface area contributed by atoms with Crippen LogP contribution in [0.1, 0.15) is 219 Å². The van der Waals surface area contributed by atoms with Crippen molar-refractivity contribution in [1.82, 2.24) is 0 Å². The summed E-state index contributed by atoms with van der Waals surface area (Å²) in [5.74, 6) is 1.17. The highest BCUT2D eigenvalue weighted by molar-refractivity contribution is 5.77. The molecule has 6 unspecified atom stereocenters. The van der Waals surface area contributed by atoms with Crippen LogP contribution in [0.4, 0.5) is 0 Å². The average molecular weight is 929 g/mol. The Labute approximate surface area is 406 Å². The molecule has 67 heavy (non-hydrogen) atoms. The molecule has 7 nitrogen and oxygen atoms in total. The number of carbonyl (C=O) groups is 2. The van der Waals surface area contributed by atoms with Crippen molar-refractivity contribution in [1.29, 1.82) is 0 Å². The van der Waals surface area contributed by atoms with E-state index in [4.69, 9.17) is 0 Å². The quantitative estimate of drug-likeness (QED) is 0.174. The lowest BCUT2D eigenvalue weighted by molar-refractivity contribution is -0.231. The topological polar surface area (TPSA) is 135 Å². The monoisotopic (exact) mass is 929 g/mol. The van der Waals surface area contributed by atoms with Crippen LogP contribution >= 0.6 is 0 Å².